The number of rotatable bonds is 4. The molecule has 0 aromatic heterocycles. The summed E-state index contributed by atoms with van der Waals surface area (Å²) in [7, 11) is 0. The van der Waals surface area contributed by atoms with Crippen molar-refractivity contribution in [3.05, 3.63) is 48.0 Å². The topological polar surface area (TPSA) is 65.1 Å². The summed E-state index contributed by atoms with van der Waals surface area (Å²) in [6, 6.07) is 12.8. The predicted octanol–water partition coefficient (Wildman–Crippen LogP) is 2.94. The van der Waals surface area contributed by atoms with Gasteiger partial charge < -0.3 is 19.1 Å². The van der Waals surface area contributed by atoms with E-state index in [0.29, 0.717) is 23.8 Å². The molecule has 0 saturated carbocycles. The van der Waals surface area contributed by atoms with Gasteiger partial charge in [0.2, 0.25) is 12.7 Å². The number of hydrogen-bond acceptors (Lipinski definition) is 5. The van der Waals surface area contributed by atoms with Crippen molar-refractivity contribution in [1.82, 2.24) is 0 Å². The highest BCUT2D eigenvalue weighted by Crippen LogP contribution is 2.36. The van der Waals surface area contributed by atoms with E-state index in [-0.39, 0.29) is 19.1 Å². The lowest BCUT2D eigenvalue weighted by molar-refractivity contribution is -0.139. The molecule has 0 radical (unpaired) electrons. The summed E-state index contributed by atoms with van der Waals surface area (Å²) in [5.74, 6) is 0.615. The zero-order valence-electron chi connectivity index (χ0n) is 14.4. The van der Waals surface area contributed by atoms with Crippen molar-refractivity contribution in [2.75, 3.05) is 18.2 Å². The van der Waals surface area contributed by atoms with Gasteiger partial charge in [-0.2, -0.15) is 0 Å². The largest absolute Gasteiger partial charge is 0.454 e. The molecule has 0 unspecified atom stereocenters. The normalized spacial score (nSPS) is 18.3. The molecule has 2 aliphatic heterocycles. The second kappa shape index (κ2) is 6.71. The Hall–Kier alpha value is -3.02. The summed E-state index contributed by atoms with van der Waals surface area (Å²) in [5.41, 5.74) is 1.96. The molecular formula is C20H19NO5. The van der Waals surface area contributed by atoms with Crippen molar-refractivity contribution in [1.29, 1.82) is 0 Å². The number of para-hydroxylation sites is 1. The molecule has 6 nitrogen and oxygen atoms in total. The van der Waals surface area contributed by atoms with Gasteiger partial charge in [-0.1, -0.05) is 25.1 Å². The molecule has 134 valence electrons. The van der Waals surface area contributed by atoms with Gasteiger partial charge in [-0.3, -0.25) is 9.59 Å². The van der Waals surface area contributed by atoms with Gasteiger partial charge in [-0.15, -0.1) is 0 Å². The fourth-order valence-electron chi connectivity index (χ4n) is 3.31. The molecule has 1 atom stereocenters. The summed E-state index contributed by atoms with van der Waals surface area (Å²) in [6.07, 6.45) is 0.980. The van der Waals surface area contributed by atoms with Crippen LogP contribution in [0.4, 0.5) is 5.69 Å². The Morgan fingerprint density at radius 2 is 2.00 bits per heavy atom. The zero-order chi connectivity index (χ0) is 18.1. The summed E-state index contributed by atoms with van der Waals surface area (Å²) in [6.45, 7) is 2.54. The Labute approximate surface area is 151 Å². The number of nitrogens with zero attached hydrogens (tertiary/aromatic N) is 1. The lowest BCUT2D eigenvalue weighted by Crippen LogP contribution is -2.28. The number of amides is 1. The minimum absolute atomic E-state index is 0.0569. The van der Waals surface area contributed by atoms with Crippen LogP contribution in [0.25, 0.3) is 0 Å². The average molecular weight is 353 g/mol. The standard InChI is InChI=1S/C20H19NO5/c1-2-13-5-3-4-6-16(13)21-11-14(9-19(21)22)20(23)26-15-7-8-17-18(10-15)25-12-24-17/h3-8,10,14H,2,9,11-12H2,1H3/t14-/m1/s1. The Bertz CT molecular complexity index is 863. The Morgan fingerprint density at radius 3 is 2.85 bits per heavy atom. The van der Waals surface area contributed by atoms with Crippen LogP contribution in [0.3, 0.4) is 0 Å². The second-order valence-corrected chi connectivity index (χ2v) is 6.32. The van der Waals surface area contributed by atoms with Crippen molar-refractivity contribution in [3.8, 4) is 17.2 Å². The zero-order valence-corrected chi connectivity index (χ0v) is 14.4. The quantitative estimate of drug-likeness (QED) is 0.625. The van der Waals surface area contributed by atoms with Gasteiger partial charge in [0.15, 0.2) is 11.5 Å². The number of hydrogen-bond donors (Lipinski definition) is 0. The number of carbonyl (C=O) groups is 2. The van der Waals surface area contributed by atoms with Gasteiger partial charge in [0.1, 0.15) is 5.75 Å². The number of ether oxygens (including phenoxy) is 3. The molecule has 2 aromatic rings. The first kappa shape index (κ1) is 16.4. The molecule has 0 bridgehead atoms. The van der Waals surface area contributed by atoms with Crippen LogP contribution in [0.2, 0.25) is 0 Å². The van der Waals surface area contributed by atoms with E-state index >= 15 is 0 Å². The monoisotopic (exact) mass is 353 g/mol. The van der Waals surface area contributed by atoms with Gasteiger partial charge in [0, 0.05) is 24.7 Å². The van der Waals surface area contributed by atoms with Gasteiger partial charge in [0.25, 0.3) is 0 Å². The summed E-state index contributed by atoms with van der Waals surface area (Å²) >= 11 is 0. The number of fused-ring (bicyclic) bond motifs is 1. The number of carbonyl (C=O) groups excluding carboxylic acids is 2. The molecule has 1 amide bonds. The maximum absolute atomic E-state index is 12.5. The lowest BCUT2D eigenvalue weighted by atomic mass is 10.1. The van der Waals surface area contributed by atoms with Gasteiger partial charge in [-0.25, -0.2) is 0 Å². The molecule has 0 spiro atoms. The van der Waals surface area contributed by atoms with E-state index in [1.165, 1.54) is 0 Å². The fourth-order valence-corrected chi connectivity index (χ4v) is 3.31. The number of esters is 1. The SMILES string of the molecule is CCc1ccccc1N1C[C@H](C(=O)Oc2ccc3c(c2)OCO3)CC1=O. The first-order valence-electron chi connectivity index (χ1n) is 8.65. The summed E-state index contributed by atoms with van der Waals surface area (Å²) in [5, 5.41) is 0. The smallest absolute Gasteiger partial charge is 0.316 e. The van der Waals surface area contributed by atoms with Gasteiger partial charge in [0.05, 0.1) is 5.92 Å². The van der Waals surface area contributed by atoms with Crippen LogP contribution in [0.5, 0.6) is 17.2 Å². The molecular weight excluding hydrogens is 334 g/mol. The average Bonchev–Trinajstić information content (AvgIpc) is 3.27. The van der Waals surface area contributed by atoms with Crippen LogP contribution in [0.15, 0.2) is 42.5 Å². The van der Waals surface area contributed by atoms with Crippen LogP contribution < -0.4 is 19.1 Å². The molecule has 26 heavy (non-hydrogen) atoms. The van der Waals surface area contributed by atoms with Crippen molar-refractivity contribution in [2.45, 2.75) is 19.8 Å². The lowest BCUT2D eigenvalue weighted by Gasteiger charge is -2.19. The minimum Gasteiger partial charge on any atom is -0.454 e. The molecule has 4 rings (SSSR count). The maximum Gasteiger partial charge on any atom is 0.316 e. The van der Waals surface area contributed by atoms with E-state index < -0.39 is 11.9 Å². The van der Waals surface area contributed by atoms with E-state index in [1.54, 1.807) is 23.1 Å². The second-order valence-electron chi connectivity index (χ2n) is 6.32. The first-order valence-corrected chi connectivity index (χ1v) is 8.65. The fraction of sp³-hybridized carbons (Fsp3) is 0.300. The molecule has 0 N–H and O–H groups in total. The molecule has 6 heteroatoms. The van der Waals surface area contributed by atoms with Crippen molar-refractivity contribution in [3.63, 3.8) is 0 Å². The van der Waals surface area contributed by atoms with Crippen molar-refractivity contribution >= 4 is 17.6 Å². The van der Waals surface area contributed by atoms with Gasteiger partial charge >= 0.3 is 5.97 Å². The number of aryl methyl sites for hydroxylation is 1. The molecule has 1 fully saturated rings. The van der Waals surface area contributed by atoms with E-state index in [1.807, 2.05) is 31.2 Å². The van der Waals surface area contributed by atoms with E-state index in [4.69, 9.17) is 14.2 Å². The number of anilines is 1. The van der Waals surface area contributed by atoms with Crippen LogP contribution in [0, 0.1) is 5.92 Å². The summed E-state index contributed by atoms with van der Waals surface area (Å²) in [4.78, 5) is 26.6. The van der Waals surface area contributed by atoms with E-state index in [0.717, 1.165) is 17.7 Å². The highest BCUT2D eigenvalue weighted by molar-refractivity contribution is 6.00. The molecule has 0 aliphatic carbocycles. The summed E-state index contributed by atoms with van der Waals surface area (Å²) < 4.78 is 16.0. The third-order valence-corrected chi connectivity index (χ3v) is 4.68. The van der Waals surface area contributed by atoms with Gasteiger partial charge in [-0.05, 0) is 30.2 Å². The third-order valence-electron chi connectivity index (χ3n) is 4.68. The Balaban J connectivity index is 1.47. The number of benzene rings is 2. The van der Waals surface area contributed by atoms with Crippen molar-refractivity contribution < 1.29 is 23.8 Å². The first-order chi connectivity index (χ1) is 12.7. The third kappa shape index (κ3) is 2.98. The Kier molecular flexibility index (Phi) is 4.24. The van der Waals surface area contributed by atoms with Crippen LogP contribution in [0.1, 0.15) is 18.9 Å². The minimum atomic E-state index is -0.488. The molecule has 2 aromatic carbocycles. The van der Waals surface area contributed by atoms with Crippen molar-refractivity contribution in [2.24, 2.45) is 5.92 Å². The van der Waals surface area contributed by atoms with Crippen LogP contribution >= 0.6 is 0 Å². The van der Waals surface area contributed by atoms with Crippen LogP contribution in [-0.4, -0.2) is 25.2 Å². The maximum atomic E-state index is 12.5. The van der Waals surface area contributed by atoms with E-state index in [9.17, 15) is 9.59 Å². The van der Waals surface area contributed by atoms with E-state index in [2.05, 4.69) is 0 Å². The highest BCUT2D eigenvalue weighted by atomic mass is 16.7. The Morgan fingerprint density at radius 1 is 1.19 bits per heavy atom. The molecule has 2 aliphatic rings. The molecule has 2 heterocycles. The highest BCUT2D eigenvalue weighted by Gasteiger charge is 2.37. The van der Waals surface area contributed by atoms with Crippen LogP contribution in [-0.2, 0) is 16.0 Å². The predicted molar refractivity (Wildman–Crippen MR) is 94.5 cm³/mol. The molecule has 1 saturated heterocycles.